The number of ether oxygens (including phenoxy) is 2. The summed E-state index contributed by atoms with van der Waals surface area (Å²) in [5.41, 5.74) is 0.842. The van der Waals surface area contributed by atoms with Crippen molar-refractivity contribution in [1.29, 1.82) is 0 Å². The summed E-state index contributed by atoms with van der Waals surface area (Å²) in [6, 6.07) is 5.70. The van der Waals surface area contributed by atoms with E-state index in [9.17, 15) is 5.11 Å². The molecule has 19 heavy (non-hydrogen) atoms. The lowest BCUT2D eigenvalue weighted by atomic mass is 9.97. The predicted octanol–water partition coefficient (Wildman–Crippen LogP) is 3.68. The van der Waals surface area contributed by atoms with Gasteiger partial charge in [-0.3, -0.25) is 0 Å². The lowest BCUT2D eigenvalue weighted by Gasteiger charge is -2.24. The third kappa shape index (κ3) is 4.13. The van der Waals surface area contributed by atoms with Crippen LogP contribution in [0.2, 0.25) is 0 Å². The van der Waals surface area contributed by atoms with Crippen molar-refractivity contribution in [1.82, 2.24) is 0 Å². The number of aliphatic hydroxyl groups is 1. The molecule has 3 nitrogen and oxygen atoms in total. The first-order chi connectivity index (χ1) is 9.33. The van der Waals surface area contributed by atoms with Crippen LogP contribution in [0.1, 0.15) is 51.0 Å². The van der Waals surface area contributed by atoms with E-state index in [-0.39, 0.29) is 6.61 Å². The van der Waals surface area contributed by atoms with E-state index in [1.807, 2.05) is 18.2 Å². The molecule has 0 atom stereocenters. The van der Waals surface area contributed by atoms with Gasteiger partial charge in [0.25, 0.3) is 0 Å². The zero-order valence-corrected chi connectivity index (χ0v) is 11.7. The van der Waals surface area contributed by atoms with Crippen molar-refractivity contribution >= 4 is 0 Å². The first kappa shape index (κ1) is 14.2. The second kappa shape index (κ2) is 7.39. The molecule has 1 fully saturated rings. The van der Waals surface area contributed by atoms with Gasteiger partial charge in [-0.15, -0.1) is 0 Å². The van der Waals surface area contributed by atoms with E-state index < -0.39 is 0 Å². The van der Waals surface area contributed by atoms with Gasteiger partial charge in [-0.1, -0.05) is 13.3 Å². The molecule has 3 heteroatoms. The molecule has 0 bridgehead atoms. The molecular formula is C16H24O3. The van der Waals surface area contributed by atoms with Gasteiger partial charge < -0.3 is 14.6 Å². The van der Waals surface area contributed by atoms with Crippen LogP contribution in [0.15, 0.2) is 18.2 Å². The number of rotatable bonds is 6. The average molecular weight is 264 g/mol. The smallest absolute Gasteiger partial charge is 0.128 e. The zero-order chi connectivity index (χ0) is 13.5. The zero-order valence-electron chi connectivity index (χ0n) is 11.7. The Kier molecular flexibility index (Phi) is 5.52. The summed E-state index contributed by atoms with van der Waals surface area (Å²) in [6.07, 6.45) is 7.31. The molecule has 0 amide bonds. The molecule has 0 saturated heterocycles. The van der Waals surface area contributed by atoms with E-state index >= 15 is 0 Å². The Morgan fingerprint density at radius 3 is 2.68 bits per heavy atom. The van der Waals surface area contributed by atoms with Crippen molar-refractivity contribution < 1.29 is 14.6 Å². The highest BCUT2D eigenvalue weighted by Crippen LogP contribution is 2.29. The number of hydrogen-bond donors (Lipinski definition) is 1. The molecule has 1 aromatic rings. The fraction of sp³-hybridized carbons (Fsp3) is 0.625. The number of benzene rings is 1. The van der Waals surface area contributed by atoms with Gasteiger partial charge >= 0.3 is 0 Å². The third-order valence-electron chi connectivity index (χ3n) is 3.53. The highest BCUT2D eigenvalue weighted by atomic mass is 16.5. The summed E-state index contributed by atoms with van der Waals surface area (Å²) in [5, 5.41) is 9.39. The molecule has 1 aromatic carbocycles. The second-order valence-electron chi connectivity index (χ2n) is 5.15. The van der Waals surface area contributed by atoms with Crippen LogP contribution in [-0.2, 0) is 6.61 Å². The van der Waals surface area contributed by atoms with Gasteiger partial charge in [0.05, 0.1) is 19.3 Å². The number of aliphatic hydroxyl groups excluding tert-OH is 1. The van der Waals surface area contributed by atoms with Crippen LogP contribution in [0.25, 0.3) is 0 Å². The molecule has 0 unspecified atom stereocenters. The van der Waals surface area contributed by atoms with Crippen molar-refractivity contribution in [2.45, 2.75) is 58.2 Å². The van der Waals surface area contributed by atoms with Crippen molar-refractivity contribution in [3.8, 4) is 11.5 Å². The largest absolute Gasteiger partial charge is 0.493 e. The van der Waals surface area contributed by atoms with Gasteiger partial charge in [0.1, 0.15) is 11.5 Å². The van der Waals surface area contributed by atoms with Gasteiger partial charge in [-0.05, 0) is 44.2 Å². The summed E-state index contributed by atoms with van der Waals surface area (Å²) in [4.78, 5) is 0. The summed E-state index contributed by atoms with van der Waals surface area (Å²) >= 11 is 0. The molecule has 0 aliphatic heterocycles. The molecule has 0 spiro atoms. The molecule has 1 saturated carbocycles. The van der Waals surface area contributed by atoms with Crippen molar-refractivity contribution in [3.63, 3.8) is 0 Å². The second-order valence-corrected chi connectivity index (χ2v) is 5.15. The average Bonchev–Trinajstić information content (AvgIpc) is 2.46. The fourth-order valence-corrected chi connectivity index (χ4v) is 2.45. The molecule has 0 radical (unpaired) electrons. The fourth-order valence-electron chi connectivity index (χ4n) is 2.45. The maximum atomic E-state index is 9.39. The normalized spacial score (nSPS) is 16.3. The minimum atomic E-state index is 0.0100. The SMILES string of the molecule is CCCOc1ccc(CO)c(OC2CCCCC2)c1. The molecule has 0 heterocycles. The molecule has 2 rings (SSSR count). The van der Waals surface area contributed by atoms with E-state index in [0.29, 0.717) is 12.7 Å². The molecule has 106 valence electrons. The van der Waals surface area contributed by atoms with E-state index in [4.69, 9.17) is 9.47 Å². The summed E-state index contributed by atoms with van der Waals surface area (Å²) in [7, 11) is 0. The third-order valence-corrected chi connectivity index (χ3v) is 3.53. The molecule has 1 N–H and O–H groups in total. The Morgan fingerprint density at radius 1 is 1.21 bits per heavy atom. The predicted molar refractivity (Wildman–Crippen MR) is 75.7 cm³/mol. The van der Waals surface area contributed by atoms with Crippen LogP contribution in [0.5, 0.6) is 11.5 Å². The van der Waals surface area contributed by atoms with E-state index in [0.717, 1.165) is 36.3 Å². The van der Waals surface area contributed by atoms with E-state index in [1.165, 1.54) is 19.3 Å². The molecular weight excluding hydrogens is 240 g/mol. The lowest BCUT2D eigenvalue weighted by molar-refractivity contribution is 0.149. The molecule has 0 aromatic heterocycles. The summed E-state index contributed by atoms with van der Waals surface area (Å²) < 4.78 is 11.7. The monoisotopic (exact) mass is 264 g/mol. The highest BCUT2D eigenvalue weighted by Gasteiger charge is 2.16. The maximum Gasteiger partial charge on any atom is 0.128 e. The highest BCUT2D eigenvalue weighted by molar-refractivity contribution is 5.40. The minimum Gasteiger partial charge on any atom is -0.493 e. The first-order valence-corrected chi connectivity index (χ1v) is 7.36. The Bertz CT molecular complexity index is 384. The van der Waals surface area contributed by atoms with Gasteiger partial charge in [-0.2, -0.15) is 0 Å². The molecule has 1 aliphatic rings. The minimum absolute atomic E-state index is 0.0100. The van der Waals surface area contributed by atoms with Crippen molar-refractivity contribution in [2.75, 3.05) is 6.61 Å². The van der Waals surface area contributed by atoms with Crippen LogP contribution < -0.4 is 9.47 Å². The van der Waals surface area contributed by atoms with Gasteiger partial charge in [0.15, 0.2) is 0 Å². The van der Waals surface area contributed by atoms with E-state index in [1.54, 1.807) is 0 Å². The Morgan fingerprint density at radius 2 is 2.00 bits per heavy atom. The Balaban J connectivity index is 2.06. The van der Waals surface area contributed by atoms with Crippen LogP contribution in [-0.4, -0.2) is 17.8 Å². The molecule has 1 aliphatic carbocycles. The van der Waals surface area contributed by atoms with Gasteiger partial charge in [-0.25, -0.2) is 0 Å². The quantitative estimate of drug-likeness (QED) is 0.851. The lowest BCUT2D eigenvalue weighted by Crippen LogP contribution is -2.20. The van der Waals surface area contributed by atoms with Crippen molar-refractivity contribution in [3.05, 3.63) is 23.8 Å². The van der Waals surface area contributed by atoms with E-state index in [2.05, 4.69) is 6.92 Å². The number of hydrogen-bond acceptors (Lipinski definition) is 3. The van der Waals surface area contributed by atoms with Crippen LogP contribution in [0, 0.1) is 0 Å². The summed E-state index contributed by atoms with van der Waals surface area (Å²) in [6.45, 7) is 2.80. The maximum absolute atomic E-state index is 9.39. The van der Waals surface area contributed by atoms with Crippen LogP contribution >= 0.6 is 0 Å². The summed E-state index contributed by atoms with van der Waals surface area (Å²) in [5.74, 6) is 1.60. The van der Waals surface area contributed by atoms with Crippen LogP contribution in [0.4, 0.5) is 0 Å². The van der Waals surface area contributed by atoms with Gasteiger partial charge in [0, 0.05) is 11.6 Å². The van der Waals surface area contributed by atoms with Crippen molar-refractivity contribution in [2.24, 2.45) is 0 Å². The van der Waals surface area contributed by atoms with Crippen LogP contribution in [0.3, 0.4) is 0 Å². The van der Waals surface area contributed by atoms with Gasteiger partial charge in [0.2, 0.25) is 0 Å². The Hall–Kier alpha value is -1.22. The standard InChI is InChI=1S/C16H24O3/c1-2-10-18-15-9-8-13(12-17)16(11-15)19-14-6-4-3-5-7-14/h8-9,11,14,17H,2-7,10,12H2,1H3. The Labute approximate surface area is 115 Å². The topological polar surface area (TPSA) is 38.7 Å². The first-order valence-electron chi connectivity index (χ1n) is 7.36.